The van der Waals surface area contributed by atoms with Gasteiger partial charge in [0.15, 0.2) is 5.78 Å². The molecule has 0 radical (unpaired) electrons. The van der Waals surface area contributed by atoms with Gasteiger partial charge in [0.2, 0.25) is 0 Å². The first kappa shape index (κ1) is 16.1. The molecule has 0 bridgehead atoms. The highest BCUT2D eigenvalue weighted by Gasteiger charge is 2.46. The topological polar surface area (TPSA) is 43.1 Å². The van der Waals surface area contributed by atoms with Gasteiger partial charge >= 0.3 is 0 Å². The molecule has 3 heteroatoms. The molecular formula is C22H22FNO. The Hall–Kier alpha value is -2.42. The van der Waals surface area contributed by atoms with Crippen LogP contribution in [0.2, 0.25) is 0 Å². The minimum Gasteiger partial charge on any atom is -0.399 e. The molecule has 0 aliphatic heterocycles. The number of anilines is 1. The number of fused-ring (bicyclic) bond motifs is 3. The van der Waals surface area contributed by atoms with Gasteiger partial charge in [0.1, 0.15) is 5.82 Å². The van der Waals surface area contributed by atoms with E-state index >= 15 is 0 Å². The molecule has 2 nitrogen and oxygen atoms in total. The fourth-order valence-corrected chi connectivity index (χ4v) is 4.67. The van der Waals surface area contributed by atoms with Crippen LogP contribution in [0.1, 0.15) is 42.0 Å². The second kappa shape index (κ2) is 5.55. The number of hydrogen-bond donors (Lipinski definition) is 1. The number of carbonyl (C=O) groups excluding carboxylic acids is 1. The van der Waals surface area contributed by atoms with Gasteiger partial charge in [-0.05, 0) is 84.7 Å². The maximum atomic E-state index is 13.3. The van der Waals surface area contributed by atoms with Gasteiger partial charge in [-0.3, -0.25) is 4.79 Å². The summed E-state index contributed by atoms with van der Waals surface area (Å²) in [5, 5.41) is 0. The Morgan fingerprint density at radius 2 is 1.84 bits per heavy atom. The molecule has 2 aliphatic rings. The largest absolute Gasteiger partial charge is 0.399 e. The van der Waals surface area contributed by atoms with Crippen LogP contribution >= 0.6 is 0 Å². The van der Waals surface area contributed by atoms with E-state index < -0.39 is 0 Å². The number of rotatable bonds is 2. The van der Waals surface area contributed by atoms with Gasteiger partial charge in [0.25, 0.3) is 0 Å². The Morgan fingerprint density at radius 1 is 1.12 bits per heavy atom. The summed E-state index contributed by atoms with van der Waals surface area (Å²) in [5.74, 6) is 0.0254. The van der Waals surface area contributed by atoms with Crippen LogP contribution in [0.4, 0.5) is 10.1 Å². The van der Waals surface area contributed by atoms with Crippen LogP contribution in [0.5, 0.6) is 0 Å². The van der Waals surface area contributed by atoms with Crippen molar-refractivity contribution in [3.63, 3.8) is 0 Å². The average Bonchev–Trinajstić information content (AvgIpc) is 2.93. The van der Waals surface area contributed by atoms with E-state index in [0.29, 0.717) is 6.42 Å². The lowest BCUT2D eigenvalue weighted by atomic mass is 9.67. The molecule has 128 valence electrons. The Morgan fingerprint density at radius 3 is 2.56 bits per heavy atom. The quantitative estimate of drug-likeness (QED) is 0.813. The van der Waals surface area contributed by atoms with Crippen LogP contribution in [-0.2, 0) is 17.6 Å². The maximum absolute atomic E-state index is 13.3. The third-order valence-electron chi connectivity index (χ3n) is 6.03. The predicted molar refractivity (Wildman–Crippen MR) is 98.7 cm³/mol. The van der Waals surface area contributed by atoms with E-state index in [4.69, 9.17) is 5.73 Å². The molecule has 2 N–H and O–H groups in total. The molecule has 2 aromatic carbocycles. The summed E-state index contributed by atoms with van der Waals surface area (Å²) in [6.07, 6.45) is 3.14. The lowest BCUT2D eigenvalue weighted by Gasteiger charge is -2.36. The minimum atomic E-state index is -0.217. The molecule has 0 heterocycles. The predicted octanol–water partition coefficient (Wildman–Crippen LogP) is 4.64. The molecule has 0 fully saturated rings. The van der Waals surface area contributed by atoms with E-state index in [-0.39, 0.29) is 17.0 Å². The number of hydrogen-bond acceptors (Lipinski definition) is 2. The Bertz CT molecular complexity index is 910. The number of benzene rings is 2. The smallest absolute Gasteiger partial charge is 0.158 e. The van der Waals surface area contributed by atoms with Crippen molar-refractivity contribution in [2.75, 3.05) is 5.73 Å². The maximum Gasteiger partial charge on any atom is 0.158 e. The standard InChI is InChI=1S/C22H22FNO/c1-13-18-12-22(11-15-3-5-16(23)6-4-15)10-9-20(25)14(2)21(22)17(18)7-8-19(13)24/h3-8H,9-12,24H2,1-2H3. The Kier molecular flexibility index (Phi) is 3.57. The van der Waals surface area contributed by atoms with Crippen LogP contribution in [-0.4, -0.2) is 5.78 Å². The lowest BCUT2D eigenvalue weighted by Crippen LogP contribution is -2.30. The van der Waals surface area contributed by atoms with E-state index in [1.54, 1.807) is 0 Å². The van der Waals surface area contributed by atoms with Crippen LogP contribution in [0.15, 0.2) is 42.0 Å². The van der Waals surface area contributed by atoms with Crippen molar-refractivity contribution in [3.8, 4) is 0 Å². The van der Waals surface area contributed by atoms with E-state index in [9.17, 15) is 9.18 Å². The highest BCUT2D eigenvalue weighted by molar-refractivity contribution is 6.06. The normalized spacial score (nSPS) is 22.1. The van der Waals surface area contributed by atoms with Gasteiger partial charge in [0.05, 0.1) is 0 Å². The highest BCUT2D eigenvalue weighted by Crippen LogP contribution is 2.56. The number of halogens is 1. The number of carbonyl (C=O) groups is 1. The second-order valence-electron chi connectivity index (χ2n) is 7.49. The third kappa shape index (κ3) is 2.41. The van der Waals surface area contributed by atoms with Gasteiger partial charge in [-0.2, -0.15) is 0 Å². The highest BCUT2D eigenvalue weighted by atomic mass is 19.1. The first-order valence-electron chi connectivity index (χ1n) is 8.79. The third-order valence-corrected chi connectivity index (χ3v) is 6.03. The van der Waals surface area contributed by atoms with Gasteiger partial charge in [0, 0.05) is 17.5 Å². The van der Waals surface area contributed by atoms with Gasteiger partial charge in [-0.25, -0.2) is 4.39 Å². The summed E-state index contributed by atoms with van der Waals surface area (Å²) in [5.41, 5.74) is 13.6. The SMILES string of the molecule is CC1=C2c3ccc(N)c(C)c3CC2(Cc2ccc(F)cc2)CCC1=O. The summed E-state index contributed by atoms with van der Waals surface area (Å²) in [6, 6.07) is 10.8. The zero-order valence-electron chi connectivity index (χ0n) is 14.7. The fourth-order valence-electron chi connectivity index (χ4n) is 4.67. The first-order valence-corrected chi connectivity index (χ1v) is 8.79. The van der Waals surface area contributed by atoms with Crippen molar-refractivity contribution >= 4 is 17.0 Å². The molecule has 2 aliphatic carbocycles. The Labute approximate surface area is 147 Å². The zero-order chi connectivity index (χ0) is 17.8. The van der Waals surface area contributed by atoms with E-state index in [0.717, 1.165) is 41.6 Å². The van der Waals surface area contributed by atoms with Crippen molar-refractivity contribution in [2.45, 2.75) is 39.5 Å². The molecule has 1 unspecified atom stereocenters. The molecule has 0 amide bonds. The monoisotopic (exact) mass is 335 g/mol. The summed E-state index contributed by atoms with van der Waals surface area (Å²) in [6.45, 7) is 4.02. The molecular weight excluding hydrogens is 313 g/mol. The molecule has 2 aromatic rings. The summed E-state index contributed by atoms with van der Waals surface area (Å²) < 4.78 is 13.3. The molecule has 1 atom stereocenters. The molecule has 25 heavy (non-hydrogen) atoms. The molecule has 4 rings (SSSR count). The van der Waals surface area contributed by atoms with E-state index in [1.807, 2.05) is 25.1 Å². The number of nitrogen functional groups attached to an aromatic ring is 1. The number of ketones is 1. The van der Waals surface area contributed by atoms with E-state index in [1.165, 1.54) is 28.8 Å². The zero-order valence-corrected chi connectivity index (χ0v) is 14.7. The second-order valence-corrected chi connectivity index (χ2v) is 7.49. The van der Waals surface area contributed by atoms with Crippen molar-refractivity contribution < 1.29 is 9.18 Å². The van der Waals surface area contributed by atoms with Crippen LogP contribution < -0.4 is 5.73 Å². The minimum absolute atomic E-state index is 0.0866. The fraction of sp³-hybridized carbons (Fsp3) is 0.318. The molecule has 0 saturated carbocycles. The van der Waals surface area contributed by atoms with Crippen LogP contribution in [0.3, 0.4) is 0 Å². The van der Waals surface area contributed by atoms with Gasteiger partial charge in [-0.1, -0.05) is 18.2 Å². The molecule has 0 saturated heterocycles. The van der Waals surface area contributed by atoms with Crippen molar-refractivity contribution in [3.05, 3.63) is 70.0 Å². The van der Waals surface area contributed by atoms with Gasteiger partial charge in [-0.15, -0.1) is 0 Å². The van der Waals surface area contributed by atoms with Crippen molar-refractivity contribution in [2.24, 2.45) is 5.41 Å². The summed E-state index contributed by atoms with van der Waals surface area (Å²) in [7, 11) is 0. The number of Topliss-reactive ketones (excluding diaryl/α,β-unsaturated/α-hetero) is 1. The molecule has 0 spiro atoms. The summed E-state index contributed by atoms with van der Waals surface area (Å²) in [4.78, 5) is 12.4. The lowest BCUT2D eigenvalue weighted by molar-refractivity contribution is -0.116. The average molecular weight is 335 g/mol. The molecule has 0 aromatic heterocycles. The Balaban J connectivity index is 1.87. The van der Waals surface area contributed by atoms with Crippen molar-refractivity contribution in [1.82, 2.24) is 0 Å². The summed E-state index contributed by atoms with van der Waals surface area (Å²) >= 11 is 0. The first-order chi connectivity index (χ1) is 11.9. The van der Waals surface area contributed by atoms with Crippen LogP contribution in [0, 0.1) is 18.2 Å². The van der Waals surface area contributed by atoms with Crippen LogP contribution in [0.25, 0.3) is 5.57 Å². The van der Waals surface area contributed by atoms with Crippen molar-refractivity contribution in [1.29, 1.82) is 0 Å². The van der Waals surface area contributed by atoms with Gasteiger partial charge < -0.3 is 5.73 Å². The van der Waals surface area contributed by atoms with E-state index in [2.05, 4.69) is 13.0 Å². The number of nitrogens with two attached hydrogens (primary N) is 1. The number of allylic oxidation sites excluding steroid dienone is 2.